The van der Waals surface area contributed by atoms with E-state index in [0.29, 0.717) is 22.3 Å². The van der Waals surface area contributed by atoms with Crippen molar-refractivity contribution < 1.29 is 10.2 Å². The van der Waals surface area contributed by atoms with Crippen LogP contribution in [-0.4, -0.2) is 20.2 Å². The van der Waals surface area contributed by atoms with Crippen LogP contribution in [0.3, 0.4) is 0 Å². The quantitative estimate of drug-likeness (QED) is 0.233. The molecule has 0 saturated heterocycles. The maximum Gasteiger partial charge on any atom is 0.229 e. The second kappa shape index (κ2) is 11.1. The van der Waals surface area contributed by atoms with Gasteiger partial charge in [0.15, 0.2) is 5.82 Å². The molecule has 2 aromatic heterocycles. The molecule has 2 N–H and O–H groups in total. The molecule has 9 heteroatoms. The number of rotatable bonds is 4. The van der Waals surface area contributed by atoms with Gasteiger partial charge < -0.3 is 10.2 Å². The van der Waals surface area contributed by atoms with Crippen molar-refractivity contribution in [1.82, 2.24) is 9.97 Å². The number of benzene rings is 4. The molecule has 180 valence electrons. The van der Waals surface area contributed by atoms with Crippen LogP contribution >= 0.6 is 11.3 Å². The minimum Gasteiger partial charge on any atom is -0.506 e. The molecule has 0 aliphatic carbocycles. The van der Waals surface area contributed by atoms with Gasteiger partial charge in [-0.2, -0.15) is 0 Å². The van der Waals surface area contributed by atoms with Gasteiger partial charge in [-0.3, -0.25) is 0 Å². The number of hydrogen-bond acceptors (Lipinski definition) is 9. The Morgan fingerprint density at radius 2 is 1.14 bits per heavy atom. The highest BCUT2D eigenvalue weighted by molar-refractivity contribution is 7.13. The van der Waals surface area contributed by atoms with Crippen molar-refractivity contribution in [3.8, 4) is 11.5 Å². The van der Waals surface area contributed by atoms with Crippen molar-refractivity contribution in [3.63, 3.8) is 0 Å². The van der Waals surface area contributed by atoms with Crippen LogP contribution in [-0.2, 0) is 0 Å². The predicted octanol–water partition coefficient (Wildman–Crippen LogP) is 8.77. The molecular formula is C28H20N6O2S. The van der Waals surface area contributed by atoms with Crippen molar-refractivity contribution in [1.29, 1.82) is 0 Å². The van der Waals surface area contributed by atoms with Crippen molar-refractivity contribution in [3.05, 3.63) is 109 Å². The van der Waals surface area contributed by atoms with Gasteiger partial charge >= 0.3 is 0 Å². The number of aromatic hydroxyl groups is 2. The summed E-state index contributed by atoms with van der Waals surface area (Å²) in [4.78, 5) is 8.08. The zero-order chi connectivity index (χ0) is 25.5. The monoisotopic (exact) mass is 504 g/mol. The lowest BCUT2D eigenvalue weighted by Crippen LogP contribution is -1.75. The van der Waals surface area contributed by atoms with E-state index in [2.05, 4.69) is 30.4 Å². The van der Waals surface area contributed by atoms with Crippen molar-refractivity contribution in [2.24, 2.45) is 20.5 Å². The molecule has 0 saturated carbocycles. The second-order valence-electron chi connectivity index (χ2n) is 7.71. The van der Waals surface area contributed by atoms with E-state index in [9.17, 15) is 10.2 Å². The Morgan fingerprint density at radius 1 is 0.541 bits per heavy atom. The summed E-state index contributed by atoms with van der Waals surface area (Å²) in [6.07, 6.45) is 3.32. The molecule has 4 aromatic carbocycles. The molecule has 0 aliphatic heterocycles. The Morgan fingerprint density at radius 3 is 1.70 bits per heavy atom. The standard InChI is InChI=1S/C15H11N3O.C13H9N3OS/c19-13-9-8-11-5-1-2-6-12(11)15(13)18-17-14-7-3-4-10-16-14;17-11-6-5-9-3-1-2-4-10(9)12(11)15-16-13-14-7-8-18-13/h1-10,19H;1-8,17H. The SMILES string of the molecule is Oc1ccc2ccccc2c1N=Nc1ccccn1.Oc1ccc2ccccc2c1N=Nc1nccs1. The molecule has 37 heavy (non-hydrogen) atoms. The summed E-state index contributed by atoms with van der Waals surface area (Å²) in [5.41, 5.74) is 0.937. The summed E-state index contributed by atoms with van der Waals surface area (Å²) in [6, 6.07) is 27.8. The summed E-state index contributed by atoms with van der Waals surface area (Å²) in [5.74, 6) is 0.738. The summed E-state index contributed by atoms with van der Waals surface area (Å²) < 4.78 is 0. The van der Waals surface area contributed by atoms with Crippen molar-refractivity contribution >= 4 is 55.2 Å². The number of aromatic nitrogens is 2. The van der Waals surface area contributed by atoms with E-state index in [-0.39, 0.29) is 11.5 Å². The highest BCUT2D eigenvalue weighted by Gasteiger charge is 2.07. The highest BCUT2D eigenvalue weighted by Crippen LogP contribution is 2.37. The highest BCUT2D eigenvalue weighted by atomic mass is 32.1. The van der Waals surface area contributed by atoms with Gasteiger partial charge in [0, 0.05) is 28.5 Å². The van der Waals surface area contributed by atoms with Crippen LogP contribution in [0.15, 0.2) is 129 Å². The fourth-order valence-corrected chi connectivity index (χ4v) is 4.02. The molecule has 0 radical (unpaired) electrons. The Kier molecular flexibility index (Phi) is 7.14. The third-order valence-corrected chi connectivity index (χ3v) is 5.97. The van der Waals surface area contributed by atoms with E-state index < -0.39 is 0 Å². The largest absolute Gasteiger partial charge is 0.506 e. The van der Waals surface area contributed by atoms with Gasteiger partial charge in [0.2, 0.25) is 5.13 Å². The normalized spacial score (nSPS) is 11.2. The summed E-state index contributed by atoms with van der Waals surface area (Å²) in [7, 11) is 0. The molecule has 2 heterocycles. The summed E-state index contributed by atoms with van der Waals surface area (Å²) in [5, 5.41) is 42.2. The molecule has 8 nitrogen and oxygen atoms in total. The molecule has 0 spiro atoms. The number of pyridine rings is 1. The van der Waals surface area contributed by atoms with E-state index >= 15 is 0 Å². The number of nitrogens with zero attached hydrogens (tertiary/aromatic N) is 6. The molecule has 0 fully saturated rings. The molecule has 6 aromatic rings. The first kappa shape index (κ1) is 23.7. The molecule has 0 amide bonds. The Bertz CT molecular complexity index is 1700. The van der Waals surface area contributed by atoms with Gasteiger partial charge in [0.1, 0.15) is 22.9 Å². The van der Waals surface area contributed by atoms with Gasteiger partial charge in [-0.15, -0.1) is 31.8 Å². The van der Waals surface area contributed by atoms with Gasteiger partial charge in [0.05, 0.1) is 0 Å². The molecular weight excluding hydrogens is 484 g/mol. The van der Waals surface area contributed by atoms with Crippen LogP contribution in [0, 0.1) is 0 Å². The smallest absolute Gasteiger partial charge is 0.229 e. The van der Waals surface area contributed by atoms with Gasteiger partial charge in [-0.25, -0.2) is 9.97 Å². The Labute approximate surface area is 216 Å². The number of fused-ring (bicyclic) bond motifs is 2. The van der Waals surface area contributed by atoms with Crippen LogP contribution in [0.2, 0.25) is 0 Å². The zero-order valence-corrected chi connectivity index (χ0v) is 20.2. The van der Waals surface area contributed by atoms with Gasteiger partial charge in [-0.1, -0.05) is 66.7 Å². The first-order valence-electron chi connectivity index (χ1n) is 11.2. The van der Waals surface area contributed by atoms with Crippen molar-refractivity contribution in [2.75, 3.05) is 0 Å². The van der Waals surface area contributed by atoms with E-state index in [0.717, 1.165) is 21.5 Å². The third kappa shape index (κ3) is 5.63. The third-order valence-electron chi connectivity index (χ3n) is 5.32. The lowest BCUT2D eigenvalue weighted by molar-refractivity contribution is 0.476. The Hall–Kier alpha value is -5.02. The maximum absolute atomic E-state index is 9.91. The fourth-order valence-electron chi connectivity index (χ4n) is 3.57. The number of phenols is 2. The molecule has 6 rings (SSSR count). The lowest BCUT2D eigenvalue weighted by atomic mass is 10.1. The zero-order valence-electron chi connectivity index (χ0n) is 19.4. The average molecular weight is 505 g/mol. The minimum absolute atomic E-state index is 0.110. The van der Waals surface area contributed by atoms with E-state index in [4.69, 9.17) is 0 Å². The minimum atomic E-state index is 0.110. The van der Waals surface area contributed by atoms with Crippen LogP contribution in [0.1, 0.15) is 0 Å². The number of azo groups is 2. The molecule has 0 atom stereocenters. The van der Waals surface area contributed by atoms with Crippen LogP contribution in [0.25, 0.3) is 21.5 Å². The van der Waals surface area contributed by atoms with Crippen molar-refractivity contribution in [2.45, 2.75) is 0 Å². The summed E-state index contributed by atoms with van der Waals surface area (Å²) >= 11 is 1.40. The second-order valence-corrected chi connectivity index (χ2v) is 8.58. The number of hydrogen-bond donors (Lipinski definition) is 2. The van der Waals surface area contributed by atoms with Crippen LogP contribution < -0.4 is 0 Å². The number of thiazole rings is 1. The Balaban J connectivity index is 0.000000152. The van der Waals surface area contributed by atoms with E-state index in [1.54, 1.807) is 30.6 Å². The topological polar surface area (TPSA) is 116 Å². The molecule has 0 aliphatic rings. The van der Waals surface area contributed by atoms with E-state index in [1.165, 1.54) is 11.3 Å². The average Bonchev–Trinajstić information content (AvgIpc) is 3.47. The van der Waals surface area contributed by atoms with E-state index in [1.807, 2.05) is 78.2 Å². The molecule has 0 unspecified atom stereocenters. The van der Waals surface area contributed by atoms with Gasteiger partial charge in [0.25, 0.3) is 0 Å². The van der Waals surface area contributed by atoms with Crippen LogP contribution in [0.4, 0.5) is 22.3 Å². The first-order chi connectivity index (χ1) is 18.2. The maximum atomic E-state index is 9.91. The van der Waals surface area contributed by atoms with Gasteiger partial charge in [-0.05, 0) is 35.0 Å². The molecule has 0 bridgehead atoms. The van der Waals surface area contributed by atoms with Crippen LogP contribution in [0.5, 0.6) is 11.5 Å². The lowest BCUT2D eigenvalue weighted by Gasteiger charge is -2.03. The fraction of sp³-hybridized carbons (Fsp3) is 0. The number of phenolic OH excluding ortho intramolecular Hbond substituents is 2. The predicted molar refractivity (Wildman–Crippen MR) is 146 cm³/mol. The first-order valence-corrected chi connectivity index (χ1v) is 12.1. The summed E-state index contributed by atoms with van der Waals surface area (Å²) in [6.45, 7) is 0.